The van der Waals surface area contributed by atoms with E-state index in [1.807, 2.05) is 80.6 Å². The molecule has 36 heavy (non-hydrogen) atoms. The summed E-state index contributed by atoms with van der Waals surface area (Å²) in [5, 5.41) is -0.307. The monoisotopic (exact) mass is 567 g/mol. The Morgan fingerprint density at radius 1 is 0.917 bits per heavy atom. The Morgan fingerprint density at radius 3 is 2.39 bits per heavy atom. The highest BCUT2D eigenvalue weighted by molar-refractivity contribution is 9.10. The third-order valence-electron chi connectivity index (χ3n) is 5.35. The number of benzene rings is 3. The normalized spacial score (nSPS) is 14.4. The van der Waals surface area contributed by atoms with Gasteiger partial charge in [-0.2, -0.15) is 0 Å². The molecule has 1 aliphatic heterocycles. The molecule has 1 aliphatic rings. The highest BCUT2D eigenvalue weighted by Gasteiger charge is 2.34. The van der Waals surface area contributed by atoms with E-state index >= 15 is 0 Å². The first-order chi connectivity index (χ1) is 17.4. The summed E-state index contributed by atoms with van der Waals surface area (Å²) in [5.74, 6) is 1.56. The molecule has 3 aromatic carbocycles. The number of halogens is 1. The van der Waals surface area contributed by atoms with E-state index in [0.29, 0.717) is 35.4 Å². The van der Waals surface area contributed by atoms with E-state index in [1.165, 1.54) is 4.90 Å². The van der Waals surface area contributed by atoms with E-state index < -0.39 is 0 Å². The first kappa shape index (κ1) is 25.9. The third kappa shape index (κ3) is 6.71. The van der Waals surface area contributed by atoms with Crippen LogP contribution in [0.2, 0.25) is 0 Å². The lowest BCUT2D eigenvalue weighted by atomic mass is 10.1. The summed E-state index contributed by atoms with van der Waals surface area (Å²) in [7, 11) is 0. The van der Waals surface area contributed by atoms with E-state index in [0.717, 1.165) is 32.9 Å². The molecule has 0 spiro atoms. The van der Waals surface area contributed by atoms with Crippen LogP contribution in [0.15, 0.2) is 76.1 Å². The predicted molar refractivity (Wildman–Crippen MR) is 145 cm³/mol. The third-order valence-corrected chi connectivity index (χ3v) is 6.79. The molecule has 1 saturated heterocycles. The number of hydrogen-bond donors (Lipinski definition) is 0. The summed E-state index contributed by atoms with van der Waals surface area (Å²) in [6.45, 7) is 5.18. The molecular formula is C28H26BrNO5S. The van der Waals surface area contributed by atoms with Crippen LogP contribution in [0.3, 0.4) is 0 Å². The number of carbonyl (C=O) groups excluding carboxylic acids is 2. The Kier molecular flexibility index (Phi) is 8.72. The highest BCUT2D eigenvalue weighted by atomic mass is 79.9. The van der Waals surface area contributed by atoms with Gasteiger partial charge in [0.1, 0.15) is 19.0 Å². The number of amides is 2. The molecule has 0 bridgehead atoms. The quantitative estimate of drug-likeness (QED) is 0.249. The smallest absolute Gasteiger partial charge is 0.293 e. The minimum atomic E-state index is -0.328. The van der Waals surface area contributed by atoms with Gasteiger partial charge >= 0.3 is 0 Å². The van der Waals surface area contributed by atoms with Crippen molar-refractivity contribution in [2.24, 2.45) is 0 Å². The Hall–Kier alpha value is -3.23. The van der Waals surface area contributed by atoms with Crippen molar-refractivity contribution in [2.75, 3.05) is 19.8 Å². The van der Waals surface area contributed by atoms with Crippen molar-refractivity contribution in [1.82, 2.24) is 4.90 Å². The average molecular weight is 568 g/mol. The van der Waals surface area contributed by atoms with Gasteiger partial charge in [0.25, 0.3) is 11.1 Å². The lowest BCUT2D eigenvalue weighted by molar-refractivity contribution is -0.123. The number of thioether (sulfide) groups is 1. The summed E-state index contributed by atoms with van der Waals surface area (Å²) < 4.78 is 18.4. The molecule has 0 radical (unpaired) electrons. The molecule has 0 atom stereocenters. The van der Waals surface area contributed by atoms with Crippen molar-refractivity contribution in [3.63, 3.8) is 0 Å². The second-order valence-electron chi connectivity index (χ2n) is 8.05. The fourth-order valence-electron chi connectivity index (χ4n) is 3.48. The Bertz CT molecular complexity index is 1260. The SMILES string of the molecule is CCOc1cc(/C=C2\SC(=O)N(CCOc3ccc(C)cc3)C2=O)ccc1OCc1ccc(Br)cc1. The molecule has 0 unspecified atom stereocenters. The van der Waals surface area contributed by atoms with Crippen molar-refractivity contribution >= 4 is 44.9 Å². The van der Waals surface area contributed by atoms with Crippen LogP contribution >= 0.6 is 27.7 Å². The van der Waals surface area contributed by atoms with Gasteiger partial charge in [0, 0.05) is 4.47 Å². The van der Waals surface area contributed by atoms with Gasteiger partial charge in [0.15, 0.2) is 11.5 Å². The predicted octanol–water partition coefficient (Wildman–Crippen LogP) is 6.85. The molecule has 0 N–H and O–H groups in total. The topological polar surface area (TPSA) is 65.1 Å². The highest BCUT2D eigenvalue weighted by Crippen LogP contribution is 2.35. The van der Waals surface area contributed by atoms with Crippen LogP contribution in [-0.2, 0) is 11.4 Å². The van der Waals surface area contributed by atoms with Gasteiger partial charge in [-0.05, 0) is 79.2 Å². The Labute approximate surface area is 223 Å². The molecule has 186 valence electrons. The maximum atomic E-state index is 12.9. The van der Waals surface area contributed by atoms with Crippen molar-refractivity contribution in [3.05, 3.63) is 92.8 Å². The van der Waals surface area contributed by atoms with Gasteiger partial charge in [0.05, 0.1) is 18.1 Å². The minimum Gasteiger partial charge on any atom is -0.492 e. The van der Waals surface area contributed by atoms with E-state index in [2.05, 4.69) is 15.9 Å². The van der Waals surface area contributed by atoms with Gasteiger partial charge in [0.2, 0.25) is 0 Å². The lowest BCUT2D eigenvalue weighted by Crippen LogP contribution is -2.32. The summed E-state index contributed by atoms with van der Waals surface area (Å²) in [6.07, 6.45) is 1.70. The molecule has 1 fully saturated rings. The molecule has 2 amide bonds. The zero-order valence-corrected chi connectivity index (χ0v) is 22.4. The summed E-state index contributed by atoms with van der Waals surface area (Å²) >= 11 is 4.35. The van der Waals surface area contributed by atoms with Crippen LogP contribution in [0.5, 0.6) is 17.2 Å². The van der Waals surface area contributed by atoms with Gasteiger partial charge in [-0.25, -0.2) is 0 Å². The van der Waals surface area contributed by atoms with E-state index in [1.54, 1.807) is 6.08 Å². The number of rotatable bonds is 10. The van der Waals surface area contributed by atoms with Crippen LogP contribution in [0.1, 0.15) is 23.6 Å². The van der Waals surface area contributed by atoms with Crippen molar-refractivity contribution in [3.8, 4) is 17.2 Å². The van der Waals surface area contributed by atoms with Crippen LogP contribution < -0.4 is 14.2 Å². The fraction of sp³-hybridized carbons (Fsp3) is 0.214. The van der Waals surface area contributed by atoms with Crippen LogP contribution in [-0.4, -0.2) is 35.8 Å². The van der Waals surface area contributed by atoms with Crippen molar-refractivity contribution in [1.29, 1.82) is 0 Å². The van der Waals surface area contributed by atoms with Gasteiger partial charge in [-0.1, -0.05) is 51.8 Å². The lowest BCUT2D eigenvalue weighted by Gasteiger charge is -2.13. The number of hydrogen-bond acceptors (Lipinski definition) is 6. The summed E-state index contributed by atoms with van der Waals surface area (Å²) in [5.41, 5.74) is 2.91. The van der Waals surface area contributed by atoms with Gasteiger partial charge < -0.3 is 14.2 Å². The molecule has 6 nitrogen and oxygen atoms in total. The fourth-order valence-corrected chi connectivity index (χ4v) is 4.61. The minimum absolute atomic E-state index is 0.183. The second kappa shape index (κ2) is 12.1. The van der Waals surface area contributed by atoms with Crippen molar-refractivity contribution in [2.45, 2.75) is 20.5 Å². The molecule has 3 aromatic rings. The zero-order chi connectivity index (χ0) is 25.5. The molecule has 4 rings (SSSR count). The second-order valence-corrected chi connectivity index (χ2v) is 9.96. The number of imide groups is 1. The van der Waals surface area contributed by atoms with E-state index in [9.17, 15) is 9.59 Å². The summed E-state index contributed by atoms with van der Waals surface area (Å²) in [6, 6.07) is 21.0. The standard InChI is InChI=1S/C28H26BrNO5S/c1-3-33-25-16-21(8-13-24(25)35-18-20-6-9-22(29)10-7-20)17-26-27(31)30(28(32)36-26)14-15-34-23-11-4-19(2)5-12-23/h4-13,16-17H,3,14-15,18H2,1-2H3/b26-17-. The molecule has 1 heterocycles. The average Bonchev–Trinajstić information content (AvgIpc) is 3.13. The first-order valence-electron chi connectivity index (χ1n) is 11.5. The maximum Gasteiger partial charge on any atom is 0.293 e. The van der Waals surface area contributed by atoms with Crippen LogP contribution in [0.25, 0.3) is 6.08 Å². The molecule has 0 aliphatic carbocycles. The maximum absolute atomic E-state index is 12.9. The number of ether oxygens (including phenoxy) is 3. The van der Waals surface area contributed by atoms with Crippen molar-refractivity contribution < 1.29 is 23.8 Å². The number of aryl methyl sites for hydroxylation is 1. The summed E-state index contributed by atoms with van der Waals surface area (Å²) in [4.78, 5) is 26.9. The Morgan fingerprint density at radius 2 is 1.67 bits per heavy atom. The molecule has 0 aromatic heterocycles. The number of carbonyl (C=O) groups is 2. The Balaban J connectivity index is 1.41. The van der Waals surface area contributed by atoms with Crippen LogP contribution in [0.4, 0.5) is 4.79 Å². The zero-order valence-electron chi connectivity index (χ0n) is 20.0. The van der Waals surface area contributed by atoms with Gasteiger partial charge in [-0.3, -0.25) is 14.5 Å². The molecule has 8 heteroatoms. The molecular weight excluding hydrogens is 542 g/mol. The van der Waals surface area contributed by atoms with Crippen LogP contribution in [0, 0.1) is 6.92 Å². The van der Waals surface area contributed by atoms with E-state index in [4.69, 9.17) is 14.2 Å². The van der Waals surface area contributed by atoms with Gasteiger partial charge in [-0.15, -0.1) is 0 Å². The van der Waals surface area contributed by atoms with E-state index in [-0.39, 0.29) is 24.3 Å². The largest absolute Gasteiger partial charge is 0.492 e. The molecule has 0 saturated carbocycles. The number of nitrogens with zero attached hydrogens (tertiary/aromatic N) is 1. The first-order valence-corrected chi connectivity index (χ1v) is 13.1.